The number of nitrogens with zero attached hydrogens (tertiary/aromatic N) is 4. The summed E-state index contributed by atoms with van der Waals surface area (Å²) >= 11 is 0. The second-order valence-corrected chi connectivity index (χ2v) is 4.54. The first-order valence-corrected chi connectivity index (χ1v) is 6.14. The van der Waals surface area contributed by atoms with E-state index in [4.69, 9.17) is 15.7 Å². The molecule has 0 amide bonds. The lowest BCUT2D eigenvalue weighted by atomic mass is 10.2. The Morgan fingerprint density at radius 1 is 1.48 bits per heavy atom. The Kier molecular flexibility index (Phi) is 3.80. The van der Waals surface area contributed by atoms with E-state index < -0.39 is 5.97 Å². The van der Waals surface area contributed by atoms with Crippen LogP contribution in [0.2, 0.25) is 0 Å². The first kappa shape index (κ1) is 14.4. The van der Waals surface area contributed by atoms with E-state index in [1.807, 2.05) is 0 Å². The number of benzene rings is 1. The topological polar surface area (TPSA) is 97.2 Å². The summed E-state index contributed by atoms with van der Waals surface area (Å²) < 4.78 is 6.17. The van der Waals surface area contributed by atoms with Gasteiger partial charge in [-0.2, -0.15) is 5.26 Å². The number of hydrogen-bond acceptors (Lipinski definition) is 6. The van der Waals surface area contributed by atoms with Gasteiger partial charge in [0.2, 0.25) is 0 Å². The maximum absolute atomic E-state index is 11.9. The highest BCUT2D eigenvalue weighted by Gasteiger charge is 2.24. The lowest BCUT2D eigenvalue weighted by Gasteiger charge is -2.09. The molecule has 2 aromatic rings. The number of aromatic nitrogens is 2. The molecule has 7 heteroatoms. The minimum Gasteiger partial charge on any atom is -0.465 e. The lowest BCUT2D eigenvalue weighted by molar-refractivity contribution is 0.0602. The number of carbonyl (C=O) groups excluding carboxylic acids is 1. The second-order valence-electron chi connectivity index (χ2n) is 4.54. The number of rotatable bonds is 3. The summed E-state index contributed by atoms with van der Waals surface area (Å²) in [5.74, 6) is 0.0150. The van der Waals surface area contributed by atoms with Gasteiger partial charge in [0.1, 0.15) is 11.4 Å². The molecule has 0 spiro atoms. The van der Waals surface area contributed by atoms with E-state index in [2.05, 4.69) is 11.2 Å². The third-order valence-corrected chi connectivity index (χ3v) is 2.94. The molecule has 0 saturated carbocycles. The number of nitrogens with two attached hydrogens (primary N) is 1. The lowest BCUT2D eigenvalue weighted by Crippen LogP contribution is -2.14. The van der Waals surface area contributed by atoms with Crippen LogP contribution < -0.4 is 10.6 Å². The normalized spacial score (nSPS) is 10.0. The first-order chi connectivity index (χ1) is 9.99. The van der Waals surface area contributed by atoms with Crippen molar-refractivity contribution in [1.82, 2.24) is 9.78 Å². The van der Waals surface area contributed by atoms with Crippen LogP contribution in [0.15, 0.2) is 24.3 Å². The number of nitrogen functional groups attached to an aromatic ring is 1. The van der Waals surface area contributed by atoms with Gasteiger partial charge in [0.25, 0.3) is 0 Å². The Morgan fingerprint density at radius 2 is 2.19 bits per heavy atom. The molecule has 0 aliphatic rings. The number of ether oxygens (including phenoxy) is 1. The largest absolute Gasteiger partial charge is 0.465 e. The zero-order valence-corrected chi connectivity index (χ0v) is 12.0. The molecule has 0 fully saturated rings. The van der Waals surface area contributed by atoms with Crippen LogP contribution in [0.4, 0.5) is 11.6 Å². The average Bonchev–Trinajstić information content (AvgIpc) is 2.84. The van der Waals surface area contributed by atoms with E-state index in [-0.39, 0.29) is 11.4 Å². The van der Waals surface area contributed by atoms with Crippen LogP contribution in [0.1, 0.15) is 15.9 Å². The van der Waals surface area contributed by atoms with E-state index in [9.17, 15) is 4.79 Å². The van der Waals surface area contributed by atoms with Gasteiger partial charge in [-0.15, -0.1) is 5.10 Å². The van der Waals surface area contributed by atoms with E-state index in [1.54, 1.807) is 43.3 Å². The Bertz CT molecular complexity index is 727. The Morgan fingerprint density at radius 3 is 2.76 bits per heavy atom. The molecular weight excluding hydrogens is 270 g/mol. The highest BCUT2D eigenvalue weighted by molar-refractivity contribution is 6.00. The van der Waals surface area contributed by atoms with E-state index in [0.717, 1.165) is 0 Å². The fraction of sp³-hybridized carbons (Fsp3) is 0.214. The van der Waals surface area contributed by atoms with Gasteiger partial charge < -0.3 is 15.4 Å². The van der Waals surface area contributed by atoms with Crippen molar-refractivity contribution in [3.63, 3.8) is 0 Å². The molecule has 21 heavy (non-hydrogen) atoms. The minimum absolute atomic E-state index is 0.167. The van der Waals surface area contributed by atoms with Gasteiger partial charge in [-0.25, -0.2) is 9.48 Å². The first-order valence-electron chi connectivity index (χ1n) is 6.14. The van der Waals surface area contributed by atoms with Gasteiger partial charge in [0.15, 0.2) is 5.82 Å². The standard InChI is InChI=1S/C14H15N5O2/c1-18(2)13-11(14(20)21-3)12(16)19(17-13)10-6-4-5-9(7-10)8-15/h4-7H,16H2,1-3H3. The van der Waals surface area contributed by atoms with Crippen LogP contribution in [0.3, 0.4) is 0 Å². The predicted octanol–water partition coefficient (Wildman–Crippen LogP) is 1.18. The van der Waals surface area contributed by atoms with Crippen LogP contribution in [0, 0.1) is 11.3 Å². The number of carbonyl (C=O) groups is 1. The van der Waals surface area contributed by atoms with Crippen molar-refractivity contribution in [2.45, 2.75) is 0 Å². The number of hydrogen-bond donors (Lipinski definition) is 1. The molecule has 7 nitrogen and oxygen atoms in total. The fourth-order valence-corrected chi connectivity index (χ4v) is 1.93. The molecule has 1 aromatic carbocycles. The van der Waals surface area contributed by atoms with Crippen molar-refractivity contribution in [3.05, 3.63) is 35.4 Å². The molecule has 1 heterocycles. The molecule has 0 atom stereocenters. The van der Waals surface area contributed by atoms with E-state index >= 15 is 0 Å². The van der Waals surface area contributed by atoms with Crippen molar-refractivity contribution in [3.8, 4) is 11.8 Å². The number of esters is 1. The Labute approximate surface area is 122 Å². The van der Waals surface area contributed by atoms with Crippen molar-refractivity contribution >= 4 is 17.6 Å². The van der Waals surface area contributed by atoms with Gasteiger partial charge in [0.05, 0.1) is 24.4 Å². The summed E-state index contributed by atoms with van der Waals surface area (Å²) in [7, 11) is 4.80. The zero-order chi connectivity index (χ0) is 15.6. The monoisotopic (exact) mass is 285 g/mol. The summed E-state index contributed by atoms with van der Waals surface area (Å²) in [6.07, 6.45) is 0. The molecule has 1 aromatic heterocycles. The molecule has 2 rings (SSSR count). The maximum Gasteiger partial charge on any atom is 0.345 e. The van der Waals surface area contributed by atoms with Crippen molar-refractivity contribution in [2.75, 3.05) is 31.8 Å². The molecule has 0 saturated heterocycles. The highest BCUT2D eigenvalue weighted by atomic mass is 16.5. The Hall–Kier alpha value is -3.01. The highest BCUT2D eigenvalue weighted by Crippen LogP contribution is 2.27. The minimum atomic E-state index is -0.557. The summed E-state index contributed by atoms with van der Waals surface area (Å²) in [6.45, 7) is 0. The molecule has 0 unspecified atom stereocenters. The summed E-state index contributed by atoms with van der Waals surface area (Å²) in [4.78, 5) is 13.6. The van der Waals surface area contributed by atoms with Gasteiger partial charge >= 0.3 is 5.97 Å². The van der Waals surface area contributed by atoms with Crippen molar-refractivity contribution in [1.29, 1.82) is 5.26 Å². The summed E-state index contributed by atoms with van der Waals surface area (Å²) in [6, 6.07) is 8.85. The van der Waals surface area contributed by atoms with E-state index in [0.29, 0.717) is 17.1 Å². The fourth-order valence-electron chi connectivity index (χ4n) is 1.93. The molecule has 0 radical (unpaired) electrons. The van der Waals surface area contributed by atoms with Crippen LogP contribution >= 0.6 is 0 Å². The smallest absolute Gasteiger partial charge is 0.345 e. The van der Waals surface area contributed by atoms with Crippen molar-refractivity contribution in [2.24, 2.45) is 0 Å². The molecule has 0 aliphatic carbocycles. The Balaban J connectivity index is 2.65. The third-order valence-electron chi connectivity index (χ3n) is 2.94. The van der Waals surface area contributed by atoms with Crippen LogP contribution in [0.25, 0.3) is 5.69 Å². The summed E-state index contributed by atoms with van der Waals surface area (Å²) in [5, 5.41) is 13.3. The molecule has 108 valence electrons. The van der Waals surface area contributed by atoms with E-state index in [1.165, 1.54) is 11.8 Å². The van der Waals surface area contributed by atoms with Crippen molar-refractivity contribution < 1.29 is 9.53 Å². The van der Waals surface area contributed by atoms with Gasteiger partial charge in [-0.05, 0) is 18.2 Å². The number of nitriles is 1. The average molecular weight is 285 g/mol. The van der Waals surface area contributed by atoms with Gasteiger partial charge in [-0.3, -0.25) is 0 Å². The van der Waals surface area contributed by atoms with Gasteiger partial charge in [0, 0.05) is 14.1 Å². The SMILES string of the molecule is COC(=O)c1c(N(C)C)nn(-c2cccc(C#N)c2)c1N. The maximum atomic E-state index is 11.9. The molecule has 2 N–H and O–H groups in total. The van der Waals surface area contributed by atoms with Crippen LogP contribution in [-0.2, 0) is 4.74 Å². The quantitative estimate of drug-likeness (QED) is 0.850. The molecule has 0 bridgehead atoms. The zero-order valence-electron chi connectivity index (χ0n) is 12.0. The third kappa shape index (κ3) is 2.51. The summed E-state index contributed by atoms with van der Waals surface area (Å²) in [5.41, 5.74) is 7.31. The molecular formula is C14H15N5O2. The van der Waals surface area contributed by atoms with Crippen LogP contribution in [-0.4, -0.2) is 37.0 Å². The predicted molar refractivity (Wildman–Crippen MR) is 78.4 cm³/mol. The molecule has 0 aliphatic heterocycles. The number of anilines is 2. The number of methoxy groups -OCH3 is 1. The van der Waals surface area contributed by atoms with Crippen LogP contribution in [0.5, 0.6) is 0 Å². The van der Waals surface area contributed by atoms with Gasteiger partial charge in [-0.1, -0.05) is 6.07 Å². The second kappa shape index (κ2) is 5.54.